The normalized spacial score (nSPS) is 25.0. The Labute approximate surface area is 127 Å². The standard InChI is InChI=1S/C14H19BrN2O3/c1-10-12(15)2-3-13(17-10)16-8-11-9-19-14(20-11)4-6-18-7-5-14/h2-3,11H,4-9H2,1H3,(H,16,17). The first-order valence-electron chi connectivity index (χ1n) is 6.93. The molecule has 2 saturated heterocycles. The molecule has 1 N–H and O–H groups in total. The van der Waals surface area contributed by atoms with Gasteiger partial charge in [-0.25, -0.2) is 4.98 Å². The fourth-order valence-electron chi connectivity index (χ4n) is 2.52. The van der Waals surface area contributed by atoms with Crippen molar-refractivity contribution in [1.29, 1.82) is 0 Å². The molecule has 0 saturated carbocycles. The summed E-state index contributed by atoms with van der Waals surface area (Å²) in [6.45, 7) is 4.74. The van der Waals surface area contributed by atoms with Crippen LogP contribution in [-0.2, 0) is 14.2 Å². The molecule has 1 unspecified atom stereocenters. The van der Waals surface area contributed by atoms with Gasteiger partial charge in [0.05, 0.1) is 25.5 Å². The minimum Gasteiger partial charge on any atom is -0.381 e. The van der Waals surface area contributed by atoms with Crippen molar-refractivity contribution in [2.24, 2.45) is 0 Å². The number of ether oxygens (including phenoxy) is 3. The molecule has 5 nitrogen and oxygen atoms in total. The van der Waals surface area contributed by atoms with Crippen LogP contribution >= 0.6 is 15.9 Å². The zero-order valence-electron chi connectivity index (χ0n) is 11.5. The summed E-state index contributed by atoms with van der Waals surface area (Å²) in [5.74, 6) is 0.454. The Morgan fingerprint density at radius 3 is 2.95 bits per heavy atom. The molecule has 2 fully saturated rings. The maximum atomic E-state index is 6.06. The predicted octanol–water partition coefficient (Wildman–Crippen LogP) is 2.49. The zero-order valence-corrected chi connectivity index (χ0v) is 13.1. The van der Waals surface area contributed by atoms with Gasteiger partial charge in [-0.1, -0.05) is 0 Å². The summed E-state index contributed by atoms with van der Waals surface area (Å²) >= 11 is 3.45. The smallest absolute Gasteiger partial charge is 0.173 e. The van der Waals surface area contributed by atoms with Crippen LogP contribution in [0.25, 0.3) is 0 Å². The van der Waals surface area contributed by atoms with Crippen LogP contribution < -0.4 is 5.32 Å². The fraction of sp³-hybridized carbons (Fsp3) is 0.643. The SMILES string of the molecule is Cc1nc(NCC2COC3(CCOCC3)O2)ccc1Br. The summed E-state index contributed by atoms with van der Waals surface area (Å²) in [6, 6.07) is 3.95. The van der Waals surface area contributed by atoms with E-state index in [9.17, 15) is 0 Å². The first kappa shape index (κ1) is 14.3. The van der Waals surface area contributed by atoms with E-state index in [0.717, 1.165) is 28.8 Å². The Balaban J connectivity index is 1.53. The Hall–Kier alpha value is -0.690. The third kappa shape index (κ3) is 3.14. The maximum absolute atomic E-state index is 6.06. The number of pyridine rings is 1. The zero-order chi connectivity index (χ0) is 14.0. The van der Waals surface area contributed by atoms with Crippen molar-refractivity contribution in [1.82, 2.24) is 4.98 Å². The number of nitrogens with zero attached hydrogens (tertiary/aromatic N) is 1. The molecular formula is C14H19BrN2O3. The molecule has 0 radical (unpaired) electrons. The van der Waals surface area contributed by atoms with Crippen LogP contribution in [0.15, 0.2) is 16.6 Å². The Morgan fingerprint density at radius 1 is 1.40 bits per heavy atom. The number of hydrogen-bond donors (Lipinski definition) is 1. The fourth-order valence-corrected chi connectivity index (χ4v) is 2.74. The van der Waals surface area contributed by atoms with Crippen molar-refractivity contribution in [2.45, 2.75) is 31.7 Å². The monoisotopic (exact) mass is 342 g/mol. The number of anilines is 1. The summed E-state index contributed by atoms with van der Waals surface area (Å²) in [4.78, 5) is 4.46. The predicted molar refractivity (Wildman–Crippen MR) is 78.8 cm³/mol. The van der Waals surface area contributed by atoms with Crippen LogP contribution in [0.2, 0.25) is 0 Å². The van der Waals surface area contributed by atoms with E-state index in [2.05, 4.69) is 26.2 Å². The molecule has 0 aliphatic carbocycles. The van der Waals surface area contributed by atoms with E-state index in [1.54, 1.807) is 0 Å². The quantitative estimate of drug-likeness (QED) is 0.914. The van der Waals surface area contributed by atoms with E-state index in [0.29, 0.717) is 26.4 Å². The third-order valence-corrected chi connectivity index (χ3v) is 4.54. The Bertz CT molecular complexity index is 477. The largest absolute Gasteiger partial charge is 0.381 e. The first-order chi connectivity index (χ1) is 9.67. The highest BCUT2D eigenvalue weighted by Gasteiger charge is 2.42. The summed E-state index contributed by atoms with van der Waals surface area (Å²) in [6.07, 6.45) is 1.71. The van der Waals surface area contributed by atoms with Gasteiger partial charge in [0, 0.05) is 23.9 Å². The van der Waals surface area contributed by atoms with E-state index >= 15 is 0 Å². The van der Waals surface area contributed by atoms with Gasteiger partial charge in [0.1, 0.15) is 11.9 Å². The number of halogens is 1. The highest BCUT2D eigenvalue weighted by Crippen LogP contribution is 2.33. The lowest BCUT2D eigenvalue weighted by Crippen LogP contribution is -2.38. The highest BCUT2D eigenvalue weighted by molar-refractivity contribution is 9.10. The van der Waals surface area contributed by atoms with Gasteiger partial charge in [-0.05, 0) is 35.0 Å². The number of nitrogens with one attached hydrogen (secondary N) is 1. The van der Waals surface area contributed by atoms with Crippen LogP contribution in [-0.4, -0.2) is 43.2 Å². The topological polar surface area (TPSA) is 52.6 Å². The van der Waals surface area contributed by atoms with Crippen LogP contribution in [0.5, 0.6) is 0 Å². The summed E-state index contributed by atoms with van der Waals surface area (Å²) in [7, 11) is 0. The van der Waals surface area contributed by atoms with Crippen LogP contribution in [0.3, 0.4) is 0 Å². The van der Waals surface area contributed by atoms with E-state index < -0.39 is 5.79 Å². The van der Waals surface area contributed by atoms with Crippen LogP contribution in [0.4, 0.5) is 5.82 Å². The van der Waals surface area contributed by atoms with Crippen molar-refractivity contribution in [2.75, 3.05) is 31.7 Å². The molecule has 1 aromatic rings. The summed E-state index contributed by atoms with van der Waals surface area (Å²) in [5.41, 5.74) is 0.972. The van der Waals surface area contributed by atoms with Gasteiger partial charge in [-0.3, -0.25) is 0 Å². The minimum absolute atomic E-state index is 0.0684. The molecule has 0 amide bonds. The lowest BCUT2D eigenvalue weighted by atomic mass is 10.1. The molecule has 0 aromatic carbocycles. The number of aromatic nitrogens is 1. The van der Waals surface area contributed by atoms with Gasteiger partial charge >= 0.3 is 0 Å². The molecule has 3 heterocycles. The molecule has 1 spiro atoms. The van der Waals surface area contributed by atoms with Gasteiger partial charge in [0.25, 0.3) is 0 Å². The molecule has 2 aliphatic heterocycles. The van der Waals surface area contributed by atoms with Crippen molar-refractivity contribution in [3.05, 3.63) is 22.3 Å². The summed E-state index contributed by atoms with van der Waals surface area (Å²) < 4.78 is 18.3. The third-order valence-electron chi connectivity index (χ3n) is 3.70. The molecule has 0 bridgehead atoms. The molecule has 6 heteroatoms. The van der Waals surface area contributed by atoms with E-state index in [1.165, 1.54) is 0 Å². The Morgan fingerprint density at radius 2 is 2.20 bits per heavy atom. The molecule has 2 aliphatic rings. The van der Waals surface area contributed by atoms with Gasteiger partial charge < -0.3 is 19.5 Å². The number of rotatable bonds is 3. The maximum Gasteiger partial charge on any atom is 0.173 e. The lowest BCUT2D eigenvalue weighted by molar-refractivity contribution is -0.209. The average Bonchev–Trinajstić information content (AvgIpc) is 2.84. The van der Waals surface area contributed by atoms with Crippen molar-refractivity contribution in [3.63, 3.8) is 0 Å². The first-order valence-corrected chi connectivity index (χ1v) is 7.73. The molecule has 1 atom stereocenters. The van der Waals surface area contributed by atoms with E-state index in [4.69, 9.17) is 14.2 Å². The second-order valence-electron chi connectivity index (χ2n) is 5.22. The van der Waals surface area contributed by atoms with Crippen molar-refractivity contribution < 1.29 is 14.2 Å². The van der Waals surface area contributed by atoms with E-state index in [-0.39, 0.29) is 6.10 Å². The molecular weight excluding hydrogens is 324 g/mol. The molecule has 3 rings (SSSR count). The van der Waals surface area contributed by atoms with Gasteiger partial charge in [0.15, 0.2) is 5.79 Å². The van der Waals surface area contributed by atoms with Gasteiger partial charge in [0.2, 0.25) is 0 Å². The van der Waals surface area contributed by atoms with Crippen molar-refractivity contribution >= 4 is 21.7 Å². The minimum atomic E-state index is -0.409. The number of hydrogen-bond acceptors (Lipinski definition) is 5. The van der Waals surface area contributed by atoms with E-state index in [1.807, 2.05) is 19.1 Å². The Kier molecular flexibility index (Phi) is 4.26. The highest BCUT2D eigenvalue weighted by atomic mass is 79.9. The molecule has 110 valence electrons. The lowest BCUT2D eigenvalue weighted by Gasteiger charge is -2.31. The van der Waals surface area contributed by atoms with Crippen LogP contribution in [0.1, 0.15) is 18.5 Å². The molecule has 20 heavy (non-hydrogen) atoms. The molecule has 1 aromatic heterocycles. The second kappa shape index (κ2) is 5.97. The second-order valence-corrected chi connectivity index (χ2v) is 6.07. The van der Waals surface area contributed by atoms with Gasteiger partial charge in [-0.15, -0.1) is 0 Å². The van der Waals surface area contributed by atoms with Crippen LogP contribution in [0, 0.1) is 6.92 Å². The average molecular weight is 343 g/mol. The number of aryl methyl sites for hydroxylation is 1. The van der Waals surface area contributed by atoms with Crippen molar-refractivity contribution in [3.8, 4) is 0 Å². The van der Waals surface area contributed by atoms with Gasteiger partial charge in [-0.2, -0.15) is 0 Å². The summed E-state index contributed by atoms with van der Waals surface area (Å²) in [5, 5.41) is 3.31.